The Labute approximate surface area is 51.9 Å². The molecule has 0 rings (SSSR count). The fourth-order valence-corrected chi connectivity index (χ4v) is 0.670. The first-order chi connectivity index (χ1) is 3.81. The Kier molecular flexibility index (Phi) is 4.33. The van der Waals surface area contributed by atoms with E-state index in [4.69, 9.17) is 0 Å². The van der Waals surface area contributed by atoms with E-state index in [0.29, 0.717) is 5.92 Å². The van der Waals surface area contributed by atoms with E-state index in [0.717, 1.165) is 6.42 Å². The normalized spacial score (nSPS) is 14.2. The zero-order valence-corrected chi connectivity index (χ0v) is 5.72. The Morgan fingerprint density at radius 1 is 1.62 bits per heavy atom. The lowest BCUT2D eigenvalue weighted by Gasteiger charge is -1.97. The topological polar surface area (TPSA) is 0 Å². The molecular formula is C8H14. The van der Waals surface area contributed by atoms with E-state index in [9.17, 15) is 0 Å². The molecule has 1 atom stereocenters. The molecule has 0 heteroatoms. The Morgan fingerprint density at radius 2 is 2.25 bits per heavy atom. The van der Waals surface area contributed by atoms with Gasteiger partial charge in [-0.3, -0.25) is 0 Å². The molecule has 0 aliphatic rings. The van der Waals surface area contributed by atoms with Gasteiger partial charge in [0.25, 0.3) is 0 Å². The molecule has 0 aromatic carbocycles. The predicted octanol–water partition coefficient (Wildman–Crippen LogP) is 2.77. The van der Waals surface area contributed by atoms with Crippen molar-refractivity contribution < 1.29 is 0 Å². The molecule has 0 bridgehead atoms. The van der Waals surface area contributed by atoms with E-state index in [1.165, 1.54) is 0 Å². The molecule has 46 valence electrons. The Bertz CT molecular complexity index is 80.0. The molecular weight excluding hydrogens is 96.1 g/mol. The first-order valence-corrected chi connectivity index (χ1v) is 3.05. The van der Waals surface area contributed by atoms with Crippen LogP contribution in [0.15, 0.2) is 24.8 Å². The van der Waals surface area contributed by atoms with Crippen LogP contribution in [0, 0.1) is 5.92 Å². The van der Waals surface area contributed by atoms with E-state index in [2.05, 4.69) is 25.7 Å². The van der Waals surface area contributed by atoms with Crippen molar-refractivity contribution in [3.05, 3.63) is 24.8 Å². The van der Waals surface area contributed by atoms with E-state index >= 15 is 0 Å². The number of allylic oxidation sites excluding steroid dienone is 3. The summed E-state index contributed by atoms with van der Waals surface area (Å²) in [5.41, 5.74) is 0. The van der Waals surface area contributed by atoms with Crippen LogP contribution >= 0.6 is 0 Å². The zero-order chi connectivity index (χ0) is 6.41. The average molecular weight is 110 g/mol. The van der Waals surface area contributed by atoms with Crippen LogP contribution < -0.4 is 0 Å². The van der Waals surface area contributed by atoms with Crippen molar-refractivity contribution in [1.82, 2.24) is 0 Å². The standard InChI is InChI=1S/C8H14/c1-4-6-8(3)7-5-2/h4-5,7-8H,1,6H2,2-3H3/b7-5-/t8-/m1/s1. The summed E-state index contributed by atoms with van der Waals surface area (Å²) in [5.74, 6) is 0.664. The highest BCUT2D eigenvalue weighted by molar-refractivity contribution is 4.86. The van der Waals surface area contributed by atoms with Crippen LogP contribution in [-0.4, -0.2) is 0 Å². The van der Waals surface area contributed by atoms with Gasteiger partial charge in [-0.05, 0) is 19.3 Å². The molecule has 0 fully saturated rings. The quantitative estimate of drug-likeness (QED) is 0.490. The van der Waals surface area contributed by atoms with Crippen molar-refractivity contribution in [2.24, 2.45) is 5.92 Å². The molecule has 0 saturated heterocycles. The minimum absolute atomic E-state index is 0.664. The van der Waals surface area contributed by atoms with Crippen LogP contribution in [0.1, 0.15) is 20.3 Å². The van der Waals surface area contributed by atoms with Gasteiger partial charge in [0.15, 0.2) is 0 Å². The van der Waals surface area contributed by atoms with Gasteiger partial charge >= 0.3 is 0 Å². The maximum Gasteiger partial charge on any atom is -0.0228 e. The van der Waals surface area contributed by atoms with Gasteiger partial charge in [0.2, 0.25) is 0 Å². The molecule has 0 heterocycles. The third-order valence-corrected chi connectivity index (χ3v) is 1.06. The third-order valence-electron chi connectivity index (χ3n) is 1.06. The number of rotatable bonds is 3. The van der Waals surface area contributed by atoms with Crippen LogP contribution in [0.3, 0.4) is 0 Å². The molecule has 0 N–H and O–H groups in total. The highest BCUT2D eigenvalue weighted by Crippen LogP contribution is 2.02. The van der Waals surface area contributed by atoms with Gasteiger partial charge in [-0.1, -0.05) is 25.2 Å². The zero-order valence-electron chi connectivity index (χ0n) is 5.72. The molecule has 8 heavy (non-hydrogen) atoms. The Balaban J connectivity index is 3.31. The lowest BCUT2D eigenvalue weighted by molar-refractivity contribution is 0.744. The largest absolute Gasteiger partial charge is 0.103 e. The Hall–Kier alpha value is -0.520. The van der Waals surface area contributed by atoms with Crippen LogP contribution in [0.5, 0.6) is 0 Å². The second-order valence-electron chi connectivity index (χ2n) is 2.03. The molecule has 0 radical (unpaired) electrons. The lowest BCUT2D eigenvalue weighted by atomic mass is 10.1. The van der Waals surface area contributed by atoms with Gasteiger partial charge in [0.1, 0.15) is 0 Å². The molecule has 0 aliphatic carbocycles. The van der Waals surface area contributed by atoms with Crippen molar-refractivity contribution in [3.63, 3.8) is 0 Å². The summed E-state index contributed by atoms with van der Waals surface area (Å²) in [6.45, 7) is 7.87. The van der Waals surface area contributed by atoms with Gasteiger partial charge in [-0.25, -0.2) is 0 Å². The van der Waals surface area contributed by atoms with Crippen LogP contribution in [0.2, 0.25) is 0 Å². The van der Waals surface area contributed by atoms with E-state index in [-0.39, 0.29) is 0 Å². The second-order valence-corrected chi connectivity index (χ2v) is 2.03. The molecule has 0 amide bonds. The van der Waals surface area contributed by atoms with Gasteiger partial charge in [-0.2, -0.15) is 0 Å². The minimum Gasteiger partial charge on any atom is -0.103 e. The van der Waals surface area contributed by atoms with Crippen molar-refractivity contribution >= 4 is 0 Å². The lowest BCUT2D eigenvalue weighted by Crippen LogP contribution is -1.83. The summed E-state index contributed by atoms with van der Waals surface area (Å²) in [7, 11) is 0. The maximum atomic E-state index is 3.65. The summed E-state index contributed by atoms with van der Waals surface area (Å²) in [6, 6.07) is 0. The maximum absolute atomic E-state index is 3.65. The van der Waals surface area contributed by atoms with Crippen LogP contribution in [-0.2, 0) is 0 Å². The van der Waals surface area contributed by atoms with E-state index in [1.807, 2.05) is 13.0 Å². The average Bonchev–Trinajstić information content (AvgIpc) is 1.68. The van der Waals surface area contributed by atoms with Gasteiger partial charge in [-0.15, -0.1) is 6.58 Å². The summed E-state index contributed by atoms with van der Waals surface area (Å²) in [4.78, 5) is 0. The van der Waals surface area contributed by atoms with Crippen molar-refractivity contribution in [2.75, 3.05) is 0 Å². The summed E-state index contributed by atoms with van der Waals surface area (Å²) < 4.78 is 0. The third kappa shape index (κ3) is 3.66. The molecule has 0 saturated carbocycles. The minimum atomic E-state index is 0.664. The summed E-state index contributed by atoms with van der Waals surface area (Å²) in [5, 5.41) is 0. The molecule has 0 nitrogen and oxygen atoms in total. The fourth-order valence-electron chi connectivity index (χ4n) is 0.670. The SMILES string of the molecule is C=CC[C@@H](C)/C=C\C. The summed E-state index contributed by atoms with van der Waals surface area (Å²) in [6.07, 6.45) is 7.30. The first kappa shape index (κ1) is 7.48. The van der Waals surface area contributed by atoms with Crippen LogP contribution in [0.4, 0.5) is 0 Å². The van der Waals surface area contributed by atoms with Crippen molar-refractivity contribution in [2.45, 2.75) is 20.3 Å². The van der Waals surface area contributed by atoms with Crippen molar-refractivity contribution in [1.29, 1.82) is 0 Å². The molecule has 0 aromatic heterocycles. The van der Waals surface area contributed by atoms with Gasteiger partial charge in [0, 0.05) is 0 Å². The monoisotopic (exact) mass is 110 g/mol. The Morgan fingerprint density at radius 3 is 2.62 bits per heavy atom. The molecule has 0 aliphatic heterocycles. The predicted molar refractivity (Wildman–Crippen MR) is 38.8 cm³/mol. The van der Waals surface area contributed by atoms with E-state index < -0.39 is 0 Å². The number of hydrogen-bond acceptors (Lipinski definition) is 0. The van der Waals surface area contributed by atoms with Crippen LogP contribution in [0.25, 0.3) is 0 Å². The van der Waals surface area contributed by atoms with Crippen molar-refractivity contribution in [3.8, 4) is 0 Å². The molecule has 0 spiro atoms. The second kappa shape index (κ2) is 4.63. The fraction of sp³-hybridized carbons (Fsp3) is 0.500. The molecule has 0 aromatic rings. The van der Waals surface area contributed by atoms with Gasteiger partial charge in [0.05, 0.1) is 0 Å². The smallest absolute Gasteiger partial charge is 0.0228 e. The first-order valence-electron chi connectivity index (χ1n) is 3.05. The highest BCUT2D eigenvalue weighted by Gasteiger charge is 1.88. The molecule has 0 unspecified atom stereocenters. The number of hydrogen-bond donors (Lipinski definition) is 0. The summed E-state index contributed by atoms with van der Waals surface area (Å²) >= 11 is 0. The van der Waals surface area contributed by atoms with E-state index in [1.54, 1.807) is 0 Å². The highest BCUT2D eigenvalue weighted by atomic mass is 13.9. The van der Waals surface area contributed by atoms with Gasteiger partial charge < -0.3 is 0 Å².